The second kappa shape index (κ2) is 7.91. The van der Waals surface area contributed by atoms with Crippen molar-refractivity contribution in [2.45, 2.75) is 39.5 Å². The number of aliphatic carboxylic acids is 1. The Balaban J connectivity index is 3.96. The van der Waals surface area contributed by atoms with Crippen molar-refractivity contribution < 1.29 is 19.4 Å². The molecule has 0 spiro atoms. The van der Waals surface area contributed by atoms with Crippen LogP contribution in [0.1, 0.15) is 39.5 Å². The maximum atomic E-state index is 11.2. The Morgan fingerprint density at radius 2 is 2.00 bits per heavy atom. The number of ether oxygens (including phenoxy) is 1. The summed E-state index contributed by atoms with van der Waals surface area (Å²) >= 11 is 0. The third-order valence-corrected chi connectivity index (χ3v) is 2.50. The Kier molecular flexibility index (Phi) is 7.25. The zero-order chi connectivity index (χ0) is 12.6. The predicted octanol–water partition coefficient (Wildman–Crippen LogP) is 2.39. The van der Waals surface area contributed by atoms with E-state index in [1.54, 1.807) is 0 Å². The first-order valence-corrected chi connectivity index (χ1v) is 5.62. The maximum Gasteiger partial charge on any atom is 0.344 e. The molecule has 0 aromatic heterocycles. The molecule has 1 N–H and O–H groups in total. The van der Waals surface area contributed by atoms with Gasteiger partial charge in [-0.15, -0.1) is 0 Å². The lowest BCUT2D eigenvalue weighted by atomic mass is 10.0. The van der Waals surface area contributed by atoms with E-state index in [4.69, 9.17) is 9.84 Å². The van der Waals surface area contributed by atoms with Gasteiger partial charge in [0.2, 0.25) is 0 Å². The molecule has 1 unspecified atom stereocenters. The molecule has 0 bridgehead atoms. The molecule has 4 heteroatoms. The van der Waals surface area contributed by atoms with Crippen LogP contribution >= 0.6 is 0 Å². The molecule has 0 radical (unpaired) electrons. The van der Waals surface area contributed by atoms with Crippen LogP contribution in [0.25, 0.3) is 0 Å². The molecule has 0 aliphatic heterocycles. The van der Waals surface area contributed by atoms with Crippen molar-refractivity contribution in [3.63, 3.8) is 0 Å². The fourth-order valence-electron chi connectivity index (χ4n) is 1.27. The van der Waals surface area contributed by atoms with Crippen molar-refractivity contribution in [1.29, 1.82) is 0 Å². The zero-order valence-corrected chi connectivity index (χ0v) is 9.99. The van der Waals surface area contributed by atoms with E-state index in [-0.39, 0.29) is 6.61 Å². The molecule has 0 aliphatic rings. The summed E-state index contributed by atoms with van der Waals surface area (Å²) in [5.41, 5.74) is -0.509. The molecule has 0 aromatic rings. The van der Waals surface area contributed by atoms with Gasteiger partial charge in [-0.2, -0.15) is 0 Å². The number of carboxylic acid groups (broad SMARTS) is 1. The second-order valence-electron chi connectivity index (χ2n) is 3.80. The quantitative estimate of drug-likeness (QED) is 0.300. The Hall–Kier alpha value is -1.32. The highest BCUT2D eigenvalue weighted by molar-refractivity contribution is 6.12. The highest BCUT2D eigenvalue weighted by Crippen LogP contribution is 2.13. The lowest BCUT2D eigenvalue weighted by Crippen LogP contribution is -2.18. The Morgan fingerprint density at radius 1 is 1.38 bits per heavy atom. The molecule has 0 aliphatic carbocycles. The van der Waals surface area contributed by atoms with Gasteiger partial charge < -0.3 is 9.84 Å². The van der Waals surface area contributed by atoms with Crippen LogP contribution < -0.4 is 0 Å². The van der Waals surface area contributed by atoms with Gasteiger partial charge in [-0.1, -0.05) is 39.7 Å². The standard InChI is InChI=1S/C12H20O4/c1-4-6-7-10(5-2)8-16-12(15)9(3)11(13)14/h10H,3-8H2,1-2H3,(H,13,14). The summed E-state index contributed by atoms with van der Waals surface area (Å²) in [6, 6.07) is 0. The highest BCUT2D eigenvalue weighted by atomic mass is 16.5. The first kappa shape index (κ1) is 14.7. The van der Waals surface area contributed by atoms with Crippen LogP contribution in [0.4, 0.5) is 0 Å². The van der Waals surface area contributed by atoms with Crippen molar-refractivity contribution >= 4 is 11.9 Å². The van der Waals surface area contributed by atoms with Crippen LogP contribution in [-0.2, 0) is 14.3 Å². The van der Waals surface area contributed by atoms with Gasteiger partial charge in [-0.3, -0.25) is 0 Å². The molecule has 0 rings (SSSR count). The van der Waals surface area contributed by atoms with Crippen LogP contribution in [0.3, 0.4) is 0 Å². The minimum absolute atomic E-state index is 0.279. The number of rotatable bonds is 8. The van der Waals surface area contributed by atoms with E-state index in [1.165, 1.54) is 0 Å². The summed E-state index contributed by atoms with van der Waals surface area (Å²) in [5, 5.41) is 8.52. The Labute approximate surface area is 96.3 Å². The van der Waals surface area contributed by atoms with Gasteiger partial charge in [0.25, 0.3) is 0 Å². The molecule has 92 valence electrons. The third-order valence-electron chi connectivity index (χ3n) is 2.50. The van der Waals surface area contributed by atoms with Crippen LogP contribution in [-0.4, -0.2) is 23.7 Å². The number of carboxylic acids is 1. The molecule has 0 heterocycles. The minimum atomic E-state index is -1.33. The average molecular weight is 228 g/mol. The van der Waals surface area contributed by atoms with Crippen LogP contribution in [0.15, 0.2) is 12.2 Å². The molecule has 4 nitrogen and oxygen atoms in total. The summed E-state index contributed by atoms with van der Waals surface area (Å²) in [7, 11) is 0. The molecule has 0 saturated heterocycles. The van der Waals surface area contributed by atoms with Crippen molar-refractivity contribution in [1.82, 2.24) is 0 Å². The van der Waals surface area contributed by atoms with E-state index in [0.29, 0.717) is 5.92 Å². The lowest BCUT2D eigenvalue weighted by molar-refractivity contribution is -0.145. The summed E-state index contributed by atoms with van der Waals surface area (Å²) in [6.07, 6.45) is 4.12. The molecule has 16 heavy (non-hydrogen) atoms. The molecule has 0 aromatic carbocycles. The van der Waals surface area contributed by atoms with Gasteiger partial charge in [0.1, 0.15) is 5.57 Å². The summed E-state index contributed by atoms with van der Waals surface area (Å²) in [6.45, 7) is 7.56. The molecule has 0 amide bonds. The molecule has 0 fully saturated rings. The highest BCUT2D eigenvalue weighted by Gasteiger charge is 2.17. The largest absolute Gasteiger partial charge is 0.477 e. The summed E-state index contributed by atoms with van der Waals surface area (Å²) in [4.78, 5) is 21.6. The zero-order valence-electron chi connectivity index (χ0n) is 9.99. The molecule has 1 atom stereocenters. The van der Waals surface area contributed by atoms with E-state index in [9.17, 15) is 9.59 Å². The van der Waals surface area contributed by atoms with Crippen molar-refractivity contribution in [3.8, 4) is 0 Å². The summed E-state index contributed by atoms with van der Waals surface area (Å²) < 4.78 is 4.90. The molecule has 0 saturated carbocycles. The topological polar surface area (TPSA) is 63.6 Å². The molecular weight excluding hydrogens is 208 g/mol. The first-order chi connectivity index (χ1) is 7.52. The van der Waals surface area contributed by atoms with E-state index < -0.39 is 17.5 Å². The Morgan fingerprint density at radius 3 is 2.44 bits per heavy atom. The fraction of sp³-hybridized carbons (Fsp3) is 0.667. The first-order valence-electron chi connectivity index (χ1n) is 5.62. The van der Waals surface area contributed by atoms with Gasteiger partial charge in [0.05, 0.1) is 6.61 Å². The smallest absolute Gasteiger partial charge is 0.344 e. The maximum absolute atomic E-state index is 11.2. The van der Waals surface area contributed by atoms with Crippen LogP contribution in [0, 0.1) is 5.92 Å². The lowest BCUT2D eigenvalue weighted by Gasteiger charge is -2.14. The monoisotopic (exact) mass is 228 g/mol. The van der Waals surface area contributed by atoms with E-state index >= 15 is 0 Å². The fourth-order valence-corrected chi connectivity index (χ4v) is 1.27. The van der Waals surface area contributed by atoms with Crippen molar-refractivity contribution in [2.75, 3.05) is 6.61 Å². The minimum Gasteiger partial charge on any atom is -0.477 e. The van der Waals surface area contributed by atoms with E-state index in [1.807, 2.05) is 6.92 Å². The van der Waals surface area contributed by atoms with Crippen molar-refractivity contribution in [2.24, 2.45) is 5.92 Å². The van der Waals surface area contributed by atoms with Gasteiger partial charge in [0, 0.05) is 0 Å². The van der Waals surface area contributed by atoms with Crippen LogP contribution in [0.5, 0.6) is 0 Å². The van der Waals surface area contributed by atoms with Crippen LogP contribution in [0.2, 0.25) is 0 Å². The van der Waals surface area contributed by atoms with Gasteiger partial charge >= 0.3 is 11.9 Å². The second-order valence-corrected chi connectivity index (χ2v) is 3.80. The number of hydrogen-bond acceptors (Lipinski definition) is 3. The number of hydrogen-bond donors (Lipinski definition) is 1. The third kappa shape index (κ3) is 5.53. The van der Waals surface area contributed by atoms with Crippen molar-refractivity contribution in [3.05, 3.63) is 12.2 Å². The normalized spacial score (nSPS) is 11.9. The average Bonchev–Trinajstić information content (AvgIpc) is 2.27. The predicted molar refractivity (Wildman–Crippen MR) is 61.0 cm³/mol. The van der Waals surface area contributed by atoms with Gasteiger partial charge in [0.15, 0.2) is 0 Å². The Bertz CT molecular complexity index is 258. The number of carbonyl (C=O) groups is 2. The number of unbranched alkanes of at least 4 members (excludes halogenated alkanes) is 1. The number of esters is 1. The van der Waals surface area contributed by atoms with E-state index in [0.717, 1.165) is 25.7 Å². The van der Waals surface area contributed by atoms with E-state index in [2.05, 4.69) is 13.5 Å². The number of carbonyl (C=O) groups excluding carboxylic acids is 1. The summed E-state index contributed by atoms with van der Waals surface area (Å²) in [5.74, 6) is -1.85. The molecular formula is C12H20O4. The van der Waals surface area contributed by atoms with Gasteiger partial charge in [-0.05, 0) is 12.3 Å². The SMILES string of the molecule is C=C(C(=O)O)C(=O)OCC(CC)CCCC. The van der Waals surface area contributed by atoms with Gasteiger partial charge in [-0.25, -0.2) is 9.59 Å².